The number of hydrogen-bond acceptors (Lipinski definition) is 2. The second-order valence-corrected chi connectivity index (χ2v) is 4.47. The van der Waals surface area contributed by atoms with E-state index >= 15 is 0 Å². The minimum Gasteiger partial charge on any atom is -0.392 e. The lowest BCUT2D eigenvalue weighted by Crippen LogP contribution is -2.40. The van der Waals surface area contributed by atoms with Crippen molar-refractivity contribution in [3.05, 3.63) is 0 Å². The molecule has 0 bridgehead atoms. The quantitative estimate of drug-likeness (QED) is 0.652. The Morgan fingerprint density at radius 2 is 1.73 bits per heavy atom. The standard InChI is InChI=1S/C9H21NO/c1-7(8(2)11)10-6-9(3,4)5/h7-8,10-11H,6H2,1-5H3. The number of rotatable bonds is 3. The summed E-state index contributed by atoms with van der Waals surface area (Å²) >= 11 is 0. The summed E-state index contributed by atoms with van der Waals surface area (Å²) < 4.78 is 0. The van der Waals surface area contributed by atoms with Crippen molar-refractivity contribution < 1.29 is 5.11 Å². The molecule has 0 rings (SSSR count). The van der Waals surface area contributed by atoms with Crippen LogP contribution in [0.3, 0.4) is 0 Å². The van der Waals surface area contributed by atoms with E-state index in [9.17, 15) is 0 Å². The average Bonchev–Trinajstić information content (AvgIpc) is 1.80. The van der Waals surface area contributed by atoms with E-state index in [1.54, 1.807) is 6.92 Å². The van der Waals surface area contributed by atoms with Crippen LogP contribution in [-0.4, -0.2) is 23.8 Å². The molecule has 0 spiro atoms. The molecule has 0 radical (unpaired) electrons. The molecule has 11 heavy (non-hydrogen) atoms. The molecule has 0 aliphatic rings. The Morgan fingerprint density at radius 3 is 2.00 bits per heavy atom. The molecule has 0 saturated carbocycles. The van der Waals surface area contributed by atoms with Crippen LogP contribution in [0, 0.1) is 5.41 Å². The van der Waals surface area contributed by atoms with E-state index in [0.717, 1.165) is 6.54 Å². The normalized spacial score (nSPS) is 18.0. The first-order valence-corrected chi connectivity index (χ1v) is 4.24. The molecule has 0 amide bonds. The Kier molecular flexibility index (Phi) is 4.04. The monoisotopic (exact) mass is 159 g/mol. The van der Waals surface area contributed by atoms with Gasteiger partial charge in [-0.3, -0.25) is 0 Å². The molecule has 2 heteroatoms. The lowest BCUT2D eigenvalue weighted by atomic mass is 9.96. The van der Waals surface area contributed by atoms with Gasteiger partial charge in [-0.2, -0.15) is 0 Å². The average molecular weight is 159 g/mol. The molecule has 2 nitrogen and oxygen atoms in total. The summed E-state index contributed by atoms with van der Waals surface area (Å²) in [5.74, 6) is 0. The minimum atomic E-state index is -0.266. The Balaban J connectivity index is 3.54. The van der Waals surface area contributed by atoms with Gasteiger partial charge in [-0.1, -0.05) is 20.8 Å². The third-order valence-electron chi connectivity index (χ3n) is 1.68. The maximum absolute atomic E-state index is 9.16. The van der Waals surface area contributed by atoms with Crippen LogP contribution in [0.5, 0.6) is 0 Å². The highest BCUT2D eigenvalue weighted by Crippen LogP contribution is 2.10. The highest BCUT2D eigenvalue weighted by Gasteiger charge is 2.13. The molecule has 2 atom stereocenters. The first-order valence-electron chi connectivity index (χ1n) is 4.24. The largest absolute Gasteiger partial charge is 0.392 e. The van der Waals surface area contributed by atoms with Gasteiger partial charge in [0.2, 0.25) is 0 Å². The first-order chi connectivity index (χ1) is 4.83. The van der Waals surface area contributed by atoms with Crippen LogP contribution in [0.1, 0.15) is 34.6 Å². The SMILES string of the molecule is CC(O)C(C)NCC(C)(C)C. The van der Waals surface area contributed by atoms with Crippen LogP contribution in [0.25, 0.3) is 0 Å². The van der Waals surface area contributed by atoms with Gasteiger partial charge in [0.05, 0.1) is 6.10 Å². The summed E-state index contributed by atoms with van der Waals surface area (Å²) in [6, 6.07) is 0.189. The zero-order valence-electron chi connectivity index (χ0n) is 8.31. The van der Waals surface area contributed by atoms with Crippen LogP contribution < -0.4 is 5.32 Å². The Morgan fingerprint density at radius 1 is 1.27 bits per heavy atom. The van der Waals surface area contributed by atoms with Gasteiger partial charge in [-0.05, 0) is 19.3 Å². The van der Waals surface area contributed by atoms with Crippen molar-refractivity contribution in [3.8, 4) is 0 Å². The smallest absolute Gasteiger partial charge is 0.0662 e. The van der Waals surface area contributed by atoms with Crippen molar-refractivity contribution >= 4 is 0 Å². The summed E-state index contributed by atoms with van der Waals surface area (Å²) in [4.78, 5) is 0. The van der Waals surface area contributed by atoms with Crippen molar-refractivity contribution in [2.45, 2.75) is 46.8 Å². The van der Waals surface area contributed by atoms with Crippen LogP contribution >= 0.6 is 0 Å². The Hall–Kier alpha value is -0.0800. The molecule has 2 unspecified atom stereocenters. The van der Waals surface area contributed by atoms with Gasteiger partial charge in [-0.15, -0.1) is 0 Å². The van der Waals surface area contributed by atoms with Gasteiger partial charge in [0.1, 0.15) is 0 Å². The summed E-state index contributed by atoms with van der Waals surface area (Å²) in [6.07, 6.45) is -0.266. The van der Waals surface area contributed by atoms with Crippen molar-refractivity contribution in [2.75, 3.05) is 6.54 Å². The molecule has 0 heterocycles. The van der Waals surface area contributed by atoms with E-state index in [0.29, 0.717) is 5.41 Å². The van der Waals surface area contributed by atoms with E-state index < -0.39 is 0 Å². The summed E-state index contributed by atoms with van der Waals surface area (Å²) in [6.45, 7) is 11.3. The first kappa shape index (κ1) is 10.9. The van der Waals surface area contributed by atoms with Crippen LogP contribution in [0.15, 0.2) is 0 Å². The van der Waals surface area contributed by atoms with Crippen molar-refractivity contribution in [3.63, 3.8) is 0 Å². The predicted molar refractivity (Wildman–Crippen MR) is 48.6 cm³/mol. The number of aliphatic hydroxyl groups is 1. The van der Waals surface area contributed by atoms with Gasteiger partial charge in [0.25, 0.3) is 0 Å². The fraction of sp³-hybridized carbons (Fsp3) is 1.00. The topological polar surface area (TPSA) is 32.3 Å². The van der Waals surface area contributed by atoms with Crippen LogP contribution in [0.2, 0.25) is 0 Å². The predicted octanol–water partition coefficient (Wildman–Crippen LogP) is 1.39. The van der Waals surface area contributed by atoms with Crippen LogP contribution in [0.4, 0.5) is 0 Å². The highest BCUT2D eigenvalue weighted by atomic mass is 16.3. The van der Waals surface area contributed by atoms with E-state index in [2.05, 4.69) is 26.1 Å². The number of hydrogen-bond donors (Lipinski definition) is 2. The van der Waals surface area contributed by atoms with E-state index in [4.69, 9.17) is 5.11 Å². The lowest BCUT2D eigenvalue weighted by molar-refractivity contribution is 0.146. The van der Waals surface area contributed by atoms with Gasteiger partial charge < -0.3 is 10.4 Å². The van der Waals surface area contributed by atoms with Gasteiger partial charge >= 0.3 is 0 Å². The Labute approximate surface area is 70.0 Å². The van der Waals surface area contributed by atoms with E-state index in [-0.39, 0.29) is 12.1 Å². The summed E-state index contributed by atoms with van der Waals surface area (Å²) in [5, 5.41) is 12.4. The maximum Gasteiger partial charge on any atom is 0.0662 e. The maximum atomic E-state index is 9.16. The number of aliphatic hydroxyl groups excluding tert-OH is 1. The van der Waals surface area contributed by atoms with Gasteiger partial charge in [0, 0.05) is 12.6 Å². The third-order valence-corrected chi connectivity index (χ3v) is 1.68. The fourth-order valence-electron chi connectivity index (χ4n) is 0.638. The summed E-state index contributed by atoms with van der Waals surface area (Å²) in [5.41, 5.74) is 0.295. The highest BCUT2D eigenvalue weighted by molar-refractivity contribution is 4.71. The van der Waals surface area contributed by atoms with E-state index in [1.165, 1.54) is 0 Å². The molecule has 0 aliphatic carbocycles. The zero-order valence-corrected chi connectivity index (χ0v) is 8.31. The van der Waals surface area contributed by atoms with Crippen molar-refractivity contribution in [2.24, 2.45) is 5.41 Å². The fourth-order valence-corrected chi connectivity index (χ4v) is 0.638. The molecule has 2 N–H and O–H groups in total. The third kappa shape index (κ3) is 6.32. The molecule has 0 saturated heterocycles. The molecule has 0 aromatic heterocycles. The zero-order chi connectivity index (χ0) is 9.07. The Bertz CT molecular complexity index is 105. The molecule has 0 fully saturated rings. The molecule has 0 aromatic rings. The molecular weight excluding hydrogens is 138 g/mol. The minimum absolute atomic E-state index is 0.189. The molecule has 0 aromatic carbocycles. The second-order valence-electron chi connectivity index (χ2n) is 4.47. The molecular formula is C9H21NO. The van der Waals surface area contributed by atoms with Gasteiger partial charge in [-0.25, -0.2) is 0 Å². The summed E-state index contributed by atoms with van der Waals surface area (Å²) in [7, 11) is 0. The van der Waals surface area contributed by atoms with Crippen LogP contribution in [-0.2, 0) is 0 Å². The van der Waals surface area contributed by atoms with Crippen molar-refractivity contribution in [1.29, 1.82) is 0 Å². The molecule has 0 aliphatic heterocycles. The lowest BCUT2D eigenvalue weighted by Gasteiger charge is -2.23. The van der Waals surface area contributed by atoms with Gasteiger partial charge in [0.15, 0.2) is 0 Å². The molecule has 68 valence electrons. The second kappa shape index (κ2) is 4.07. The number of nitrogens with one attached hydrogen (secondary N) is 1. The van der Waals surface area contributed by atoms with E-state index in [1.807, 2.05) is 6.92 Å². The van der Waals surface area contributed by atoms with Crippen molar-refractivity contribution in [1.82, 2.24) is 5.32 Å².